The Morgan fingerprint density at radius 3 is 2.68 bits per heavy atom. The molecular formula is C12H15ClN2O3S. The highest BCUT2D eigenvalue weighted by Gasteiger charge is 2.20. The van der Waals surface area contributed by atoms with E-state index in [1.54, 1.807) is 23.7 Å². The van der Waals surface area contributed by atoms with Crippen LogP contribution in [0.4, 0.5) is 5.69 Å². The summed E-state index contributed by atoms with van der Waals surface area (Å²) in [7, 11) is 1.71. The second-order valence-electron chi connectivity index (χ2n) is 4.14. The third kappa shape index (κ3) is 3.84. The lowest BCUT2D eigenvalue weighted by molar-refractivity contribution is -0.384. The van der Waals surface area contributed by atoms with E-state index in [2.05, 4.69) is 0 Å². The molecule has 0 aliphatic carbocycles. The number of benzene rings is 1. The van der Waals surface area contributed by atoms with Crippen molar-refractivity contribution in [3.63, 3.8) is 0 Å². The topological polar surface area (TPSA) is 63.5 Å². The number of amides is 1. The molecule has 1 atom stereocenters. The van der Waals surface area contributed by atoms with Crippen molar-refractivity contribution in [1.82, 2.24) is 4.90 Å². The Kier molecular flexibility index (Phi) is 5.62. The lowest BCUT2D eigenvalue weighted by atomic mass is 10.1. The highest BCUT2D eigenvalue weighted by molar-refractivity contribution is 7.98. The molecule has 19 heavy (non-hydrogen) atoms. The molecule has 7 heteroatoms. The molecule has 0 aliphatic rings. The van der Waals surface area contributed by atoms with Gasteiger partial charge in [-0.3, -0.25) is 14.9 Å². The normalized spacial score (nSPS) is 12.0. The van der Waals surface area contributed by atoms with E-state index >= 15 is 0 Å². The molecule has 0 bridgehead atoms. The summed E-state index contributed by atoms with van der Waals surface area (Å²) in [6.07, 6.45) is 1.97. The maximum absolute atomic E-state index is 12.2. The molecule has 1 amide bonds. The Morgan fingerprint density at radius 1 is 1.58 bits per heavy atom. The average molecular weight is 303 g/mol. The molecule has 0 saturated carbocycles. The Hall–Kier alpha value is -1.27. The van der Waals surface area contributed by atoms with E-state index in [1.165, 1.54) is 18.2 Å². The predicted octanol–water partition coefficient (Wildman–Crippen LogP) is 3.07. The van der Waals surface area contributed by atoms with E-state index in [1.807, 2.05) is 13.2 Å². The lowest BCUT2D eigenvalue weighted by Gasteiger charge is -2.24. The number of carbonyl (C=O) groups excluding carboxylic acids is 1. The molecule has 0 aliphatic heterocycles. The zero-order chi connectivity index (χ0) is 14.6. The van der Waals surface area contributed by atoms with Gasteiger partial charge in [-0.25, -0.2) is 0 Å². The molecule has 1 aromatic carbocycles. The Bertz CT molecular complexity index is 496. The van der Waals surface area contributed by atoms with Gasteiger partial charge in [0.25, 0.3) is 11.6 Å². The van der Waals surface area contributed by atoms with Gasteiger partial charge in [0.05, 0.1) is 4.92 Å². The van der Waals surface area contributed by atoms with E-state index in [4.69, 9.17) is 11.6 Å². The van der Waals surface area contributed by atoms with Gasteiger partial charge in [0, 0.05) is 30.5 Å². The van der Waals surface area contributed by atoms with Crippen molar-refractivity contribution in [3.05, 3.63) is 38.9 Å². The predicted molar refractivity (Wildman–Crippen MR) is 78.0 cm³/mol. The molecule has 0 N–H and O–H groups in total. The molecule has 0 radical (unpaired) electrons. The minimum Gasteiger partial charge on any atom is -0.338 e. The number of nitro benzene ring substituents is 1. The molecule has 0 saturated heterocycles. The summed E-state index contributed by atoms with van der Waals surface area (Å²) in [6, 6.07) is 4.10. The first-order valence-electron chi connectivity index (χ1n) is 5.58. The Labute approximate surface area is 121 Å². The van der Waals surface area contributed by atoms with Crippen LogP contribution < -0.4 is 0 Å². The fraction of sp³-hybridized carbons (Fsp3) is 0.417. The van der Waals surface area contributed by atoms with Gasteiger partial charge in [-0.2, -0.15) is 11.8 Å². The SMILES string of the molecule is CSCC(C)N(C)C(=O)c1ccc([N+](=O)[O-])c(Cl)c1. The largest absolute Gasteiger partial charge is 0.338 e. The monoisotopic (exact) mass is 302 g/mol. The zero-order valence-electron chi connectivity index (χ0n) is 10.9. The van der Waals surface area contributed by atoms with Crippen molar-refractivity contribution in [2.24, 2.45) is 0 Å². The summed E-state index contributed by atoms with van der Waals surface area (Å²) < 4.78 is 0. The molecule has 0 spiro atoms. The van der Waals surface area contributed by atoms with Gasteiger partial charge in [0.1, 0.15) is 5.02 Å². The maximum atomic E-state index is 12.2. The van der Waals surface area contributed by atoms with Crippen LogP contribution in [0.25, 0.3) is 0 Å². The quantitative estimate of drug-likeness (QED) is 0.619. The fourth-order valence-electron chi connectivity index (χ4n) is 1.54. The second kappa shape index (κ2) is 6.77. The number of thioether (sulfide) groups is 1. The number of carbonyl (C=O) groups is 1. The molecule has 0 heterocycles. The van der Waals surface area contributed by atoms with Gasteiger partial charge in [0.2, 0.25) is 0 Å². The minimum absolute atomic E-state index is 0.0261. The van der Waals surface area contributed by atoms with E-state index in [0.29, 0.717) is 5.56 Å². The van der Waals surface area contributed by atoms with E-state index in [0.717, 1.165) is 5.75 Å². The number of hydrogen-bond donors (Lipinski definition) is 0. The smallest absolute Gasteiger partial charge is 0.287 e. The highest BCUT2D eigenvalue weighted by atomic mass is 35.5. The third-order valence-electron chi connectivity index (χ3n) is 2.78. The molecule has 0 aromatic heterocycles. The van der Waals surface area contributed by atoms with Crippen LogP contribution in [0.15, 0.2) is 18.2 Å². The van der Waals surface area contributed by atoms with Crippen molar-refractivity contribution in [2.45, 2.75) is 13.0 Å². The molecular weight excluding hydrogens is 288 g/mol. The van der Waals surface area contributed by atoms with Gasteiger partial charge in [0.15, 0.2) is 0 Å². The average Bonchev–Trinajstić information content (AvgIpc) is 2.36. The van der Waals surface area contributed by atoms with Crippen LogP contribution in [0.2, 0.25) is 5.02 Å². The van der Waals surface area contributed by atoms with Crippen LogP contribution in [-0.4, -0.2) is 40.8 Å². The summed E-state index contributed by atoms with van der Waals surface area (Å²) in [4.78, 5) is 23.9. The van der Waals surface area contributed by atoms with Gasteiger partial charge < -0.3 is 4.90 Å². The van der Waals surface area contributed by atoms with E-state index in [9.17, 15) is 14.9 Å². The van der Waals surface area contributed by atoms with Crippen LogP contribution >= 0.6 is 23.4 Å². The van der Waals surface area contributed by atoms with Gasteiger partial charge >= 0.3 is 0 Å². The molecule has 0 fully saturated rings. The molecule has 5 nitrogen and oxygen atoms in total. The Morgan fingerprint density at radius 2 is 2.21 bits per heavy atom. The van der Waals surface area contributed by atoms with Crippen LogP contribution in [0.3, 0.4) is 0 Å². The fourth-order valence-corrected chi connectivity index (χ4v) is 2.50. The van der Waals surface area contributed by atoms with Gasteiger partial charge in [-0.1, -0.05) is 11.6 Å². The van der Waals surface area contributed by atoms with Crippen molar-refractivity contribution >= 4 is 35.0 Å². The number of nitro groups is 1. The molecule has 1 aromatic rings. The van der Waals surface area contributed by atoms with Crippen molar-refractivity contribution in [3.8, 4) is 0 Å². The third-order valence-corrected chi connectivity index (χ3v) is 3.90. The van der Waals surface area contributed by atoms with Gasteiger partial charge in [-0.15, -0.1) is 0 Å². The minimum atomic E-state index is -0.573. The zero-order valence-corrected chi connectivity index (χ0v) is 12.5. The maximum Gasteiger partial charge on any atom is 0.287 e. The summed E-state index contributed by atoms with van der Waals surface area (Å²) in [5, 5.41) is 10.6. The van der Waals surface area contributed by atoms with Crippen LogP contribution in [0.5, 0.6) is 0 Å². The van der Waals surface area contributed by atoms with Crippen molar-refractivity contribution in [1.29, 1.82) is 0 Å². The summed E-state index contributed by atoms with van der Waals surface area (Å²) in [5.74, 6) is 0.626. The van der Waals surface area contributed by atoms with Crippen molar-refractivity contribution in [2.75, 3.05) is 19.1 Å². The van der Waals surface area contributed by atoms with E-state index in [-0.39, 0.29) is 22.7 Å². The standard InChI is InChI=1S/C12H15ClN2O3S/c1-8(7-19-3)14(2)12(16)9-4-5-11(15(17)18)10(13)6-9/h4-6,8H,7H2,1-3H3. The summed E-state index contributed by atoms with van der Waals surface area (Å²) in [5.41, 5.74) is 0.157. The summed E-state index contributed by atoms with van der Waals surface area (Å²) in [6.45, 7) is 1.95. The van der Waals surface area contributed by atoms with Crippen LogP contribution in [0.1, 0.15) is 17.3 Å². The first kappa shape index (κ1) is 15.8. The first-order valence-corrected chi connectivity index (χ1v) is 7.35. The van der Waals surface area contributed by atoms with Crippen molar-refractivity contribution < 1.29 is 9.72 Å². The van der Waals surface area contributed by atoms with E-state index < -0.39 is 4.92 Å². The lowest BCUT2D eigenvalue weighted by Crippen LogP contribution is -2.36. The number of hydrogen-bond acceptors (Lipinski definition) is 4. The Balaban J connectivity index is 2.95. The van der Waals surface area contributed by atoms with Crippen LogP contribution in [0, 0.1) is 10.1 Å². The number of rotatable bonds is 5. The molecule has 1 rings (SSSR count). The summed E-state index contributed by atoms with van der Waals surface area (Å²) >= 11 is 7.45. The van der Waals surface area contributed by atoms with Crippen LogP contribution in [-0.2, 0) is 0 Å². The second-order valence-corrected chi connectivity index (χ2v) is 5.46. The highest BCUT2D eigenvalue weighted by Crippen LogP contribution is 2.25. The molecule has 1 unspecified atom stereocenters. The number of halogens is 1. The number of nitrogens with zero attached hydrogens (tertiary/aromatic N) is 2. The van der Waals surface area contributed by atoms with Gasteiger partial charge in [-0.05, 0) is 25.3 Å². The first-order chi connectivity index (χ1) is 8.88. The molecule has 104 valence electrons.